The second-order valence-electron chi connectivity index (χ2n) is 8.13. The summed E-state index contributed by atoms with van der Waals surface area (Å²) in [6.07, 6.45) is 6.54. The van der Waals surface area contributed by atoms with Gasteiger partial charge in [0.2, 0.25) is 10.0 Å². The van der Waals surface area contributed by atoms with E-state index in [0.29, 0.717) is 11.3 Å². The first-order valence-corrected chi connectivity index (χ1v) is 11.7. The molecule has 162 valence electrons. The summed E-state index contributed by atoms with van der Waals surface area (Å²) in [4.78, 5) is 15.0. The highest BCUT2D eigenvalue weighted by Gasteiger charge is 2.21. The minimum atomic E-state index is -3.32. The molecule has 3 aromatic rings. The van der Waals surface area contributed by atoms with E-state index in [9.17, 15) is 18.3 Å². The molecule has 0 fully saturated rings. The Balaban J connectivity index is 1.98. The number of aliphatic hydroxyl groups excluding tert-OH is 1. The normalized spacial score (nSPS) is 12.3. The number of H-pyrrole nitrogens is 1. The predicted molar refractivity (Wildman–Crippen MR) is 126 cm³/mol. The number of aromatic nitrogens is 1. The first kappa shape index (κ1) is 22.5. The van der Waals surface area contributed by atoms with Gasteiger partial charge in [0, 0.05) is 22.9 Å². The van der Waals surface area contributed by atoms with Crippen LogP contribution in [-0.2, 0) is 15.4 Å². The molecule has 3 rings (SSSR count). The summed E-state index contributed by atoms with van der Waals surface area (Å²) >= 11 is 0. The highest BCUT2D eigenvalue weighted by atomic mass is 32.2. The number of aromatic amines is 1. The molecule has 0 atom stereocenters. The van der Waals surface area contributed by atoms with Crippen LogP contribution in [0.2, 0.25) is 0 Å². The van der Waals surface area contributed by atoms with Gasteiger partial charge in [-0.2, -0.15) is 0 Å². The standard InChI is InChI=1S/C24H26N2O4S/c1-24(2,16-27)20-14-18(13-19(15-20)22-5-4-12-25-23(22)28)7-6-17-8-10-21(11-9-17)26-31(3,29)30/h4-15,26-27H,16H2,1-3H3,(H,25,28)/b7-6+. The van der Waals surface area contributed by atoms with Crippen LogP contribution in [0.15, 0.2) is 65.6 Å². The van der Waals surface area contributed by atoms with Crippen molar-refractivity contribution in [2.75, 3.05) is 17.6 Å². The first-order valence-electron chi connectivity index (χ1n) is 9.78. The van der Waals surface area contributed by atoms with Gasteiger partial charge in [0.25, 0.3) is 5.56 Å². The van der Waals surface area contributed by atoms with Gasteiger partial charge in [-0.3, -0.25) is 9.52 Å². The lowest BCUT2D eigenvalue weighted by Gasteiger charge is -2.23. The van der Waals surface area contributed by atoms with E-state index in [1.54, 1.807) is 30.5 Å². The Labute approximate surface area is 182 Å². The molecule has 0 bridgehead atoms. The molecule has 0 aliphatic heterocycles. The Kier molecular flexibility index (Phi) is 6.48. The number of pyridine rings is 1. The van der Waals surface area contributed by atoms with E-state index < -0.39 is 15.4 Å². The van der Waals surface area contributed by atoms with Crippen LogP contribution >= 0.6 is 0 Å². The van der Waals surface area contributed by atoms with Crippen LogP contribution in [0.3, 0.4) is 0 Å². The number of anilines is 1. The Morgan fingerprint density at radius 3 is 2.32 bits per heavy atom. The van der Waals surface area contributed by atoms with Crippen molar-refractivity contribution >= 4 is 27.9 Å². The summed E-state index contributed by atoms with van der Waals surface area (Å²) in [6, 6.07) is 16.4. The van der Waals surface area contributed by atoms with Crippen LogP contribution in [-0.4, -0.2) is 31.4 Å². The molecule has 3 N–H and O–H groups in total. The third-order valence-electron chi connectivity index (χ3n) is 4.94. The largest absolute Gasteiger partial charge is 0.395 e. The lowest BCUT2D eigenvalue weighted by Crippen LogP contribution is -2.22. The summed E-state index contributed by atoms with van der Waals surface area (Å²) in [5.41, 5.74) is 3.88. The van der Waals surface area contributed by atoms with Crippen molar-refractivity contribution < 1.29 is 13.5 Å². The van der Waals surface area contributed by atoms with Crippen LogP contribution in [0.1, 0.15) is 30.5 Å². The summed E-state index contributed by atoms with van der Waals surface area (Å²) < 4.78 is 25.1. The molecule has 0 saturated carbocycles. The Morgan fingerprint density at radius 1 is 1.03 bits per heavy atom. The predicted octanol–water partition coefficient (Wildman–Crippen LogP) is 3.85. The average Bonchev–Trinajstić information content (AvgIpc) is 2.72. The number of rotatable bonds is 7. The molecule has 1 heterocycles. The van der Waals surface area contributed by atoms with Crippen molar-refractivity contribution in [3.05, 3.63) is 87.8 Å². The van der Waals surface area contributed by atoms with Crippen molar-refractivity contribution in [3.63, 3.8) is 0 Å². The van der Waals surface area contributed by atoms with Crippen LogP contribution in [0.5, 0.6) is 0 Å². The van der Waals surface area contributed by atoms with Gasteiger partial charge in [-0.05, 0) is 52.6 Å². The third kappa shape index (κ3) is 5.93. The van der Waals surface area contributed by atoms with Gasteiger partial charge in [0.05, 0.1) is 12.9 Å². The Hall–Kier alpha value is -3.16. The summed E-state index contributed by atoms with van der Waals surface area (Å²) in [7, 11) is -3.32. The Bertz CT molecular complexity index is 1260. The van der Waals surface area contributed by atoms with Crippen LogP contribution in [0, 0.1) is 0 Å². The van der Waals surface area contributed by atoms with Crippen molar-refractivity contribution in [1.29, 1.82) is 0 Å². The molecule has 1 aromatic heterocycles. The fourth-order valence-corrected chi connectivity index (χ4v) is 3.67. The maximum atomic E-state index is 12.3. The topological polar surface area (TPSA) is 99.3 Å². The first-order chi connectivity index (χ1) is 14.6. The minimum absolute atomic E-state index is 0.0282. The maximum absolute atomic E-state index is 12.3. The second kappa shape index (κ2) is 8.91. The monoisotopic (exact) mass is 438 g/mol. The van der Waals surface area contributed by atoms with Gasteiger partial charge in [0.1, 0.15) is 0 Å². The zero-order valence-electron chi connectivity index (χ0n) is 17.7. The molecule has 0 aliphatic rings. The number of benzene rings is 2. The molecular weight excluding hydrogens is 412 g/mol. The van der Waals surface area contributed by atoms with Crippen LogP contribution in [0.25, 0.3) is 23.3 Å². The van der Waals surface area contributed by atoms with Crippen LogP contribution in [0.4, 0.5) is 5.69 Å². The third-order valence-corrected chi connectivity index (χ3v) is 5.55. The smallest absolute Gasteiger partial charge is 0.255 e. The lowest BCUT2D eigenvalue weighted by molar-refractivity contribution is 0.218. The van der Waals surface area contributed by atoms with E-state index in [2.05, 4.69) is 9.71 Å². The van der Waals surface area contributed by atoms with Crippen molar-refractivity contribution in [3.8, 4) is 11.1 Å². The number of nitrogens with one attached hydrogen (secondary N) is 2. The van der Waals surface area contributed by atoms with Gasteiger partial charge < -0.3 is 10.1 Å². The number of aliphatic hydroxyl groups is 1. The van der Waals surface area contributed by atoms with E-state index in [4.69, 9.17) is 0 Å². The zero-order chi connectivity index (χ0) is 22.6. The number of sulfonamides is 1. The van der Waals surface area contributed by atoms with Crippen LogP contribution < -0.4 is 10.3 Å². The SMILES string of the molecule is CC(C)(CO)c1cc(/C=C/c2ccc(NS(C)(=O)=O)cc2)cc(-c2ccc[nH]c2=O)c1. The van der Waals surface area contributed by atoms with E-state index in [0.717, 1.165) is 28.5 Å². The molecule has 0 unspecified atom stereocenters. The molecule has 0 amide bonds. The molecule has 0 saturated heterocycles. The molecular formula is C24H26N2O4S. The molecule has 0 spiro atoms. The van der Waals surface area contributed by atoms with Gasteiger partial charge in [-0.25, -0.2) is 8.42 Å². The molecule has 0 aliphatic carbocycles. The lowest BCUT2D eigenvalue weighted by atomic mass is 9.83. The van der Waals surface area contributed by atoms with Gasteiger partial charge in [-0.15, -0.1) is 0 Å². The number of hydrogen-bond acceptors (Lipinski definition) is 4. The minimum Gasteiger partial charge on any atom is -0.395 e. The Morgan fingerprint density at radius 2 is 1.71 bits per heavy atom. The van der Waals surface area contributed by atoms with E-state index >= 15 is 0 Å². The summed E-state index contributed by atoms with van der Waals surface area (Å²) in [5.74, 6) is 0. The number of hydrogen-bond donors (Lipinski definition) is 3. The van der Waals surface area contributed by atoms with Gasteiger partial charge >= 0.3 is 0 Å². The van der Waals surface area contributed by atoms with Gasteiger partial charge in [0.15, 0.2) is 0 Å². The molecule has 6 nitrogen and oxygen atoms in total. The van der Waals surface area contributed by atoms with Crippen molar-refractivity contribution in [2.45, 2.75) is 19.3 Å². The maximum Gasteiger partial charge on any atom is 0.255 e. The average molecular weight is 439 g/mol. The molecule has 2 aromatic carbocycles. The summed E-state index contributed by atoms with van der Waals surface area (Å²) in [6.45, 7) is 3.87. The van der Waals surface area contributed by atoms with Crippen molar-refractivity contribution in [1.82, 2.24) is 4.98 Å². The highest BCUT2D eigenvalue weighted by Crippen LogP contribution is 2.29. The second-order valence-corrected chi connectivity index (χ2v) is 9.88. The quantitative estimate of drug-likeness (QED) is 0.488. The van der Waals surface area contributed by atoms with E-state index in [-0.39, 0.29) is 12.2 Å². The summed E-state index contributed by atoms with van der Waals surface area (Å²) in [5, 5.41) is 9.83. The molecule has 31 heavy (non-hydrogen) atoms. The molecule has 0 radical (unpaired) electrons. The van der Waals surface area contributed by atoms with Gasteiger partial charge in [-0.1, -0.05) is 50.3 Å². The molecule has 7 heteroatoms. The van der Waals surface area contributed by atoms with E-state index in [1.807, 2.05) is 56.3 Å². The fourth-order valence-electron chi connectivity index (χ4n) is 3.10. The fraction of sp³-hybridized carbons (Fsp3) is 0.208. The van der Waals surface area contributed by atoms with E-state index in [1.165, 1.54) is 0 Å². The highest BCUT2D eigenvalue weighted by molar-refractivity contribution is 7.92. The van der Waals surface area contributed by atoms with Crippen molar-refractivity contribution in [2.24, 2.45) is 0 Å². The zero-order valence-corrected chi connectivity index (χ0v) is 18.5.